The van der Waals surface area contributed by atoms with Gasteiger partial charge in [0, 0.05) is 12.5 Å². The predicted molar refractivity (Wildman–Crippen MR) is 95.5 cm³/mol. The maximum absolute atomic E-state index is 9.02. The average Bonchev–Trinajstić information content (AvgIpc) is 2.39. The van der Waals surface area contributed by atoms with Gasteiger partial charge in [-0.2, -0.15) is 0 Å². The van der Waals surface area contributed by atoms with Crippen LogP contribution >= 0.6 is 0 Å². The van der Waals surface area contributed by atoms with Crippen LogP contribution in [0.4, 0.5) is 0 Å². The highest BCUT2D eigenvalue weighted by molar-refractivity contribution is 6.56. The topological polar surface area (TPSA) is 60.7 Å². The molecule has 0 fully saturated rings. The van der Waals surface area contributed by atoms with Crippen molar-refractivity contribution >= 4 is 8.80 Å². The zero-order chi connectivity index (χ0) is 16.9. The first-order valence-electron chi connectivity index (χ1n) is 9.26. The van der Waals surface area contributed by atoms with Crippen molar-refractivity contribution in [1.82, 2.24) is 0 Å². The van der Waals surface area contributed by atoms with Crippen molar-refractivity contribution in [1.29, 1.82) is 0 Å². The second kappa shape index (κ2) is 14.7. The van der Waals surface area contributed by atoms with E-state index in [1.54, 1.807) is 0 Å². The van der Waals surface area contributed by atoms with E-state index in [9.17, 15) is 0 Å². The van der Waals surface area contributed by atoms with E-state index < -0.39 is 8.80 Å². The fourth-order valence-corrected chi connectivity index (χ4v) is 3.52. The van der Waals surface area contributed by atoms with Gasteiger partial charge in [0.2, 0.25) is 0 Å². The zero-order valence-corrected chi connectivity index (χ0v) is 17.3. The van der Waals surface area contributed by atoms with Crippen molar-refractivity contribution in [2.75, 3.05) is 27.2 Å². The first-order chi connectivity index (χ1) is 10.3. The van der Waals surface area contributed by atoms with E-state index >= 15 is 0 Å². The van der Waals surface area contributed by atoms with Crippen LogP contribution in [0.25, 0.3) is 0 Å². The average molecular weight is 370 g/mol. The molecule has 0 aromatic heterocycles. The molecule has 0 radical (unpaired) electrons. The Kier molecular flexibility index (Phi) is 16.3. The molecule has 0 saturated heterocycles. The highest BCUT2D eigenvalue weighted by Crippen LogP contribution is 2.12. The summed E-state index contributed by atoms with van der Waals surface area (Å²) >= 11 is 0. The molecule has 142 valence electrons. The molecule has 0 aliphatic rings. The summed E-state index contributed by atoms with van der Waals surface area (Å²) in [6.45, 7) is 4.29. The molecule has 0 bridgehead atoms. The Morgan fingerprint density at radius 1 is 0.652 bits per heavy atom. The molecule has 0 saturated carbocycles. The molecule has 0 spiro atoms. The minimum atomic E-state index is -3.83. The van der Waals surface area contributed by atoms with E-state index in [4.69, 9.17) is 14.4 Å². The van der Waals surface area contributed by atoms with Gasteiger partial charge >= 0.3 is 8.80 Å². The van der Waals surface area contributed by atoms with Gasteiger partial charge in [0.1, 0.15) is 0 Å². The lowest BCUT2D eigenvalue weighted by molar-refractivity contribution is -0.890. The fourth-order valence-electron chi connectivity index (χ4n) is 2.88. The Balaban J connectivity index is 0. The molecule has 0 amide bonds. The number of hydrogen-bond donors (Lipinski definition) is 3. The summed E-state index contributed by atoms with van der Waals surface area (Å²) in [4.78, 5) is 27.1. The Morgan fingerprint density at radius 3 is 1.48 bits per heavy atom. The Bertz CT molecular complexity index is 261. The van der Waals surface area contributed by atoms with E-state index in [2.05, 4.69) is 21.0 Å². The summed E-state index contributed by atoms with van der Waals surface area (Å²) in [7, 11) is 0.535. The van der Waals surface area contributed by atoms with Crippen LogP contribution in [0.1, 0.15) is 77.6 Å². The summed E-state index contributed by atoms with van der Waals surface area (Å²) in [5.41, 5.74) is 0. The van der Waals surface area contributed by atoms with Gasteiger partial charge in [0.05, 0.1) is 27.2 Å². The lowest BCUT2D eigenvalue weighted by atomic mass is 10.1. The van der Waals surface area contributed by atoms with E-state index in [0.29, 0.717) is 6.42 Å². The molecule has 0 rings (SSSR count). The summed E-state index contributed by atoms with van der Waals surface area (Å²) in [6.07, 6.45) is 14.2. The van der Waals surface area contributed by atoms with Crippen LogP contribution in [-0.2, 0) is 0 Å². The van der Waals surface area contributed by atoms with Gasteiger partial charge in [-0.15, -0.1) is 0 Å². The summed E-state index contributed by atoms with van der Waals surface area (Å²) in [5.74, 6) is 0. The number of rotatable bonds is 15. The largest absolute Gasteiger partial charge is 1.00 e. The second-order valence-corrected chi connectivity index (χ2v) is 9.49. The van der Waals surface area contributed by atoms with Gasteiger partial charge in [0.15, 0.2) is 0 Å². The monoisotopic (exact) mass is 369 g/mol. The van der Waals surface area contributed by atoms with E-state index in [1.807, 2.05) is 0 Å². The van der Waals surface area contributed by atoms with Crippen molar-refractivity contribution < 1.29 is 31.3 Å². The number of unbranched alkanes of at least 4 members (excludes halogenated alkanes) is 9. The van der Waals surface area contributed by atoms with Crippen molar-refractivity contribution in [3.05, 3.63) is 0 Å². The van der Waals surface area contributed by atoms with Gasteiger partial charge in [-0.1, -0.05) is 58.3 Å². The molecular formula is C17H40ClNO3Si. The highest BCUT2D eigenvalue weighted by atomic mass is 35.5. The number of halogens is 1. The molecule has 0 atom stereocenters. The smallest absolute Gasteiger partial charge is 0.492 e. The number of nitrogens with zero attached hydrogens (tertiary/aromatic N) is 1. The molecule has 0 aromatic carbocycles. The number of quaternary nitrogens is 1. The van der Waals surface area contributed by atoms with Crippen molar-refractivity contribution in [2.24, 2.45) is 0 Å². The zero-order valence-electron chi connectivity index (χ0n) is 15.6. The van der Waals surface area contributed by atoms with Gasteiger partial charge in [0.25, 0.3) is 0 Å². The molecule has 3 N–H and O–H groups in total. The summed E-state index contributed by atoms with van der Waals surface area (Å²) < 4.78 is 0.904. The SMILES string of the molecule is CCCCCCCCCCCC[N+](C)(C)CCC[Si](O)(O)O.[Cl-]. The van der Waals surface area contributed by atoms with E-state index in [-0.39, 0.29) is 18.5 Å². The van der Waals surface area contributed by atoms with Crippen molar-refractivity contribution in [2.45, 2.75) is 83.6 Å². The van der Waals surface area contributed by atoms with Crippen LogP contribution in [0.5, 0.6) is 0 Å². The minimum absolute atomic E-state index is 0. The van der Waals surface area contributed by atoms with Crippen molar-refractivity contribution in [3.63, 3.8) is 0 Å². The molecule has 6 heteroatoms. The Hall–Kier alpha value is 0.347. The van der Waals surface area contributed by atoms with Crippen LogP contribution in [0.15, 0.2) is 0 Å². The molecule has 4 nitrogen and oxygen atoms in total. The standard InChI is InChI=1S/C17H40NO3Si.ClH/c1-4-5-6-7-8-9-10-11-12-13-15-18(2,3)16-14-17-22(19,20)21;/h19-21H,4-17H2,1-3H3;1H/q+1;/p-1. The first-order valence-corrected chi connectivity index (χ1v) is 11.3. The fraction of sp³-hybridized carbons (Fsp3) is 1.00. The molecule has 0 heterocycles. The highest BCUT2D eigenvalue weighted by Gasteiger charge is 2.27. The predicted octanol–water partition coefficient (Wildman–Crippen LogP) is 0.294. The van der Waals surface area contributed by atoms with Crippen molar-refractivity contribution in [3.8, 4) is 0 Å². The van der Waals surface area contributed by atoms with Crippen LogP contribution in [0.2, 0.25) is 6.04 Å². The van der Waals surface area contributed by atoms with Crippen LogP contribution < -0.4 is 12.4 Å². The van der Waals surface area contributed by atoms with Crippen LogP contribution in [0, 0.1) is 0 Å². The molecule has 0 unspecified atom stereocenters. The lowest BCUT2D eigenvalue weighted by Crippen LogP contribution is -3.00. The molecule has 0 aliphatic carbocycles. The third-order valence-corrected chi connectivity index (χ3v) is 5.42. The summed E-state index contributed by atoms with van der Waals surface area (Å²) in [6, 6.07) is 0.159. The van der Waals surface area contributed by atoms with Crippen LogP contribution in [0.3, 0.4) is 0 Å². The lowest BCUT2D eigenvalue weighted by Gasteiger charge is -2.30. The summed E-state index contributed by atoms with van der Waals surface area (Å²) in [5, 5.41) is 0. The third kappa shape index (κ3) is 20.3. The maximum atomic E-state index is 9.02. The minimum Gasteiger partial charge on any atom is -1.00 e. The van der Waals surface area contributed by atoms with Gasteiger partial charge in [-0.25, -0.2) is 0 Å². The third-order valence-electron chi connectivity index (χ3n) is 4.39. The molecule has 0 aliphatic heterocycles. The van der Waals surface area contributed by atoms with Gasteiger partial charge in [-0.05, 0) is 12.8 Å². The molecule has 23 heavy (non-hydrogen) atoms. The Labute approximate surface area is 151 Å². The number of hydrogen-bond acceptors (Lipinski definition) is 3. The normalized spacial score (nSPS) is 12.3. The van der Waals surface area contributed by atoms with E-state index in [1.165, 1.54) is 64.2 Å². The quantitative estimate of drug-likeness (QED) is 0.221. The second-order valence-electron chi connectivity index (χ2n) is 7.44. The first kappa shape index (κ1) is 25.6. The maximum Gasteiger partial charge on any atom is 0.492 e. The Morgan fingerprint density at radius 2 is 1.04 bits per heavy atom. The van der Waals surface area contributed by atoms with Crippen LogP contribution in [-0.4, -0.2) is 54.9 Å². The van der Waals surface area contributed by atoms with Gasteiger partial charge < -0.3 is 31.3 Å². The van der Waals surface area contributed by atoms with Gasteiger partial charge in [-0.3, -0.25) is 0 Å². The molecular weight excluding hydrogens is 330 g/mol. The van der Waals surface area contributed by atoms with E-state index in [0.717, 1.165) is 17.6 Å². The molecule has 0 aromatic rings.